The van der Waals surface area contributed by atoms with Gasteiger partial charge in [0, 0.05) is 30.2 Å². The highest BCUT2D eigenvalue weighted by atomic mass is 79.9. The minimum absolute atomic E-state index is 0.132. The molecule has 0 aliphatic carbocycles. The lowest BCUT2D eigenvalue weighted by Crippen LogP contribution is -2.42. The molecule has 9 nitrogen and oxygen atoms in total. The van der Waals surface area contributed by atoms with Crippen LogP contribution >= 0.6 is 28.1 Å². The summed E-state index contributed by atoms with van der Waals surface area (Å²) in [7, 11) is 0. The zero-order valence-electron chi connectivity index (χ0n) is 19.2. The molecule has 0 radical (unpaired) electrons. The summed E-state index contributed by atoms with van der Waals surface area (Å²) in [5.74, 6) is -1.39. The maximum absolute atomic E-state index is 13.4. The number of amides is 3. The van der Waals surface area contributed by atoms with Crippen LogP contribution in [0.25, 0.3) is 0 Å². The number of thiocarbonyl (C=S) groups is 1. The molecular weight excluding hydrogens is 536 g/mol. The molecule has 0 spiro atoms. The number of carbonyl (C=O) groups excluding carboxylic acids is 4. The largest absolute Gasteiger partial charge is 0.462 e. The first kappa shape index (κ1) is 26.3. The number of anilines is 2. The maximum Gasteiger partial charge on any atom is 0.338 e. The van der Waals surface area contributed by atoms with Crippen LogP contribution in [-0.2, 0) is 19.1 Å². The fraction of sp³-hybridized carbons (Fsp3) is 0.292. The summed E-state index contributed by atoms with van der Waals surface area (Å²) in [5, 5.41) is 5.69. The molecular formula is C24H25BrN4O5S. The van der Waals surface area contributed by atoms with E-state index in [4.69, 9.17) is 17.0 Å². The van der Waals surface area contributed by atoms with Crippen molar-refractivity contribution in [3.63, 3.8) is 0 Å². The first-order valence-electron chi connectivity index (χ1n) is 10.9. The number of nitrogens with zero attached hydrogens (tertiary/aromatic N) is 2. The van der Waals surface area contributed by atoms with Gasteiger partial charge in [-0.15, -0.1) is 0 Å². The molecule has 0 unspecified atom stereocenters. The van der Waals surface area contributed by atoms with E-state index in [0.29, 0.717) is 16.9 Å². The second-order valence-electron chi connectivity index (χ2n) is 7.67. The molecule has 1 atom stereocenters. The molecule has 2 N–H and O–H groups in total. The van der Waals surface area contributed by atoms with Gasteiger partial charge in [-0.25, -0.2) is 4.79 Å². The van der Waals surface area contributed by atoms with Crippen LogP contribution in [0.15, 0.2) is 53.0 Å². The average molecular weight is 561 g/mol. The monoisotopic (exact) mass is 560 g/mol. The van der Waals surface area contributed by atoms with E-state index in [-0.39, 0.29) is 49.0 Å². The first-order chi connectivity index (χ1) is 16.7. The molecule has 3 amide bonds. The number of halogens is 1. The van der Waals surface area contributed by atoms with Crippen molar-refractivity contribution >= 4 is 68.3 Å². The lowest BCUT2D eigenvalue weighted by Gasteiger charge is -2.24. The van der Waals surface area contributed by atoms with Crippen molar-refractivity contribution in [1.82, 2.24) is 10.2 Å². The van der Waals surface area contributed by atoms with Crippen molar-refractivity contribution in [3.05, 3.63) is 58.6 Å². The Morgan fingerprint density at radius 1 is 1.09 bits per heavy atom. The second kappa shape index (κ2) is 11.9. The van der Waals surface area contributed by atoms with Gasteiger partial charge >= 0.3 is 5.97 Å². The van der Waals surface area contributed by atoms with E-state index in [0.717, 1.165) is 4.47 Å². The first-order valence-corrected chi connectivity index (χ1v) is 12.1. The van der Waals surface area contributed by atoms with Crippen LogP contribution in [0.2, 0.25) is 0 Å². The zero-order chi connectivity index (χ0) is 25.5. The van der Waals surface area contributed by atoms with Crippen molar-refractivity contribution in [1.29, 1.82) is 0 Å². The van der Waals surface area contributed by atoms with Gasteiger partial charge in [-0.3, -0.25) is 19.3 Å². The predicted octanol–water partition coefficient (Wildman–Crippen LogP) is 3.09. The maximum atomic E-state index is 13.4. The average Bonchev–Trinajstić information content (AvgIpc) is 3.04. The number of ether oxygens (including phenoxy) is 1. The normalized spacial score (nSPS) is 15.2. The van der Waals surface area contributed by atoms with Gasteiger partial charge in [-0.2, -0.15) is 0 Å². The molecule has 2 aromatic rings. The Hall–Kier alpha value is -3.31. The van der Waals surface area contributed by atoms with Gasteiger partial charge in [-0.1, -0.05) is 15.9 Å². The van der Waals surface area contributed by atoms with E-state index in [1.54, 1.807) is 60.4 Å². The molecule has 1 aliphatic heterocycles. The number of carbonyl (C=O) groups is 4. The van der Waals surface area contributed by atoms with Crippen molar-refractivity contribution in [3.8, 4) is 0 Å². The van der Waals surface area contributed by atoms with Crippen molar-refractivity contribution in [2.24, 2.45) is 0 Å². The van der Waals surface area contributed by atoms with Gasteiger partial charge in [0.2, 0.25) is 11.8 Å². The Kier molecular flexibility index (Phi) is 8.94. The smallest absolute Gasteiger partial charge is 0.338 e. The van der Waals surface area contributed by atoms with E-state index in [9.17, 15) is 19.2 Å². The van der Waals surface area contributed by atoms with E-state index >= 15 is 0 Å². The van der Waals surface area contributed by atoms with Gasteiger partial charge in [0.25, 0.3) is 5.91 Å². The molecule has 2 aromatic carbocycles. The number of nitrogens with one attached hydrogen (secondary N) is 2. The SMILES string of the molecule is CCOC(=O)c1ccc(N2C(=O)[C@@H](CC(=O)Nc3ccc(Br)cc3)N(CCNC(C)=O)C2=S)cc1. The summed E-state index contributed by atoms with van der Waals surface area (Å²) >= 11 is 8.94. The number of esters is 1. The lowest BCUT2D eigenvalue weighted by atomic mass is 10.1. The van der Waals surface area contributed by atoms with E-state index in [1.807, 2.05) is 0 Å². The Labute approximate surface area is 216 Å². The summed E-state index contributed by atoms with van der Waals surface area (Å²) in [6.45, 7) is 3.87. The minimum Gasteiger partial charge on any atom is -0.462 e. The number of hydrogen-bond acceptors (Lipinski definition) is 6. The molecule has 1 aliphatic rings. The molecule has 11 heteroatoms. The van der Waals surface area contributed by atoms with Crippen molar-refractivity contribution in [2.75, 3.05) is 29.9 Å². The Morgan fingerprint density at radius 2 is 1.74 bits per heavy atom. The fourth-order valence-corrected chi connectivity index (χ4v) is 4.24. The topological polar surface area (TPSA) is 108 Å². The molecule has 1 fully saturated rings. The van der Waals surface area contributed by atoms with Crippen LogP contribution in [0.5, 0.6) is 0 Å². The minimum atomic E-state index is -0.851. The van der Waals surface area contributed by atoms with Crippen LogP contribution < -0.4 is 15.5 Å². The lowest BCUT2D eigenvalue weighted by molar-refractivity contribution is -0.124. The quantitative estimate of drug-likeness (QED) is 0.358. The summed E-state index contributed by atoms with van der Waals surface area (Å²) in [4.78, 5) is 52.4. The third kappa shape index (κ3) is 6.64. The number of hydrogen-bond donors (Lipinski definition) is 2. The summed E-state index contributed by atoms with van der Waals surface area (Å²) < 4.78 is 5.87. The molecule has 184 valence electrons. The highest BCUT2D eigenvalue weighted by molar-refractivity contribution is 9.10. The molecule has 1 heterocycles. The predicted molar refractivity (Wildman–Crippen MR) is 139 cm³/mol. The molecule has 0 aromatic heterocycles. The van der Waals surface area contributed by atoms with Gasteiger partial charge in [0.05, 0.1) is 24.3 Å². The highest BCUT2D eigenvalue weighted by Gasteiger charge is 2.44. The Bertz CT molecular complexity index is 1120. The van der Waals surface area contributed by atoms with Gasteiger partial charge in [0.15, 0.2) is 5.11 Å². The van der Waals surface area contributed by atoms with Crippen LogP contribution in [0.1, 0.15) is 30.6 Å². The van der Waals surface area contributed by atoms with Gasteiger partial charge in [0.1, 0.15) is 6.04 Å². The number of benzene rings is 2. The summed E-state index contributed by atoms with van der Waals surface area (Å²) in [6, 6.07) is 12.6. The van der Waals surface area contributed by atoms with Gasteiger partial charge in [-0.05, 0) is 67.7 Å². The summed E-state index contributed by atoms with van der Waals surface area (Å²) in [6.07, 6.45) is -0.132. The fourth-order valence-electron chi connectivity index (χ4n) is 3.56. The van der Waals surface area contributed by atoms with E-state index < -0.39 is 12.0 Å². The molecule has 35 heavy (non-hydrogen) atoms. The zero-order valence-corrected chi connectivity index (χ0v) is 21.6. The van der Waals surface area contributed by atoms with Crippen LogP contribution in [0.3, 0.4) is 0 Å². The number of rotatable bonds is 9. The molecule has 0 bridgehead atoms. The second-order valence-corrected chi connectivity index (χ2v) is 8.96. The van der Waals surface area contributed by atoms with Crippen molar-refractivity contribution < 1.29 is 23.9 Å². The van der Waals surface area contributed by atoms with Gasteiger partial charge < -0.3 is 20.3 Å². The molecule has 1 saturated heterocycles. The third-order valence-corrected chi connectivity index (χ3v) is 6.13. The van der Waals surface area contributed by atoms with E-state index in [2.05, 4.69) is 26.6 Å². The van der Waals surface area contributed by atoms with E-state index in [1.165, 1.54) is 11.8 Å². The molecule has 3 rings (SSSR count). The Morgan fingerprint density at radius 3 is 2.34 bits per heavy atom. The highest BCUT2D eigenvalue weighted by Crippen LogP contribution is 2.28. The van der Waals surface area contributed by atoms with Crippen LogP contribution in [0.4, 0.5) is 11.4 Å². The van der Waals surface area contributed by atoms with Crippen LogP contribution in [0, 0.1) is 0 Å². The standard InChI is InChI=1S/C24H25BrN4O5S/c1-3-34-23(33)16-4-10-19(11-5-16)29-22(32)20(28(24(29)35)13-12-26-15(2)30)14-21(31)27-18-8-6-17(25)7-9-18/h4-11,20H,3,12-14H2,1-2H3,(H,26,30)(H,27,31)/t20-/m1/s1. The van der Waals surface area contributed by atoms with Crippen molar-refractivity contribution in [2.45, 2.75) is 26.3 Å². The Balaban J connectivity index is 1.80. The molecule has 0 saturated carbocycles. The third-order valence-electron chi connectivity index (χ3n) is 5.19. The summed E-state index contributed by atoms with van der Waals surface area (Å²) in [5.41, 5.74) is 1.41. The van der Waals surface area contributed by atoms with Crippen LogP contribution in [-0.4, -0.2) is 59.4 Å².